The lowest BCUT2D eigenvalue weighted by Crippen LogP contribution is -2.42. The van der Waals surface area contributed by atoms with E-state index in [2.05, 4.69) is 29.5 Å². The summed E-state index contributed by atoms with van der Waals surface area (Å²) in [6.07, 6.45) is 3.61. The summed E-state index contributed by atoms with van der Waals surface area (Å²) < 4.78 is 5.41. The summed E-state index contributed by atoms with van der Waals surface area (Å²) in [6.45, 7) is 8.03. The normalized spacial score (nSPS) is 15.5. The van der Waals surface area contributed by atoms with E-state index in [1.165, 1.54) is 18.0 Å². The highest BCUT2D eigenvalue weighted by molar-refractivity contribution is 5.91. The van der Waals surface area contributed by atoms with E-state index in [1.807, 2.05) is 0 Å². The van der Waals surface area contributed by atoms with Gasteiger partial charge in [0.2, 0.25) is 5.91 Å². The third kappa shape index (κ3) is 5.42. The quantitative estimate of drug-likeness (QED) is 0.857. The highest BCUT2D eigenvalue weighted by Crippen LogP contribution is 2.33. The predicted molar refractivity (Wildman–Crippen MR) is 97.7 cm³/mol. The first kappa shape index (κ1) is 19.2. The number of amides is 3. The molecule has 1 aliphatic rings. The van der Waals surface area contributed by atoms with Crippen molar-refractivity contribution in [1.82, 2.24) is 10.3 Å². The van der Waals surface area contributed by atoms with Crippen molar-refractivity contribution in [3.8, 4) is 0 Å². The number of urea groups is 1. The van der Waals surface area contributed by atoms with Gasteiger partial charge in [-0.2, -0.15) is 0 Å². The van der Waals surface area contributed by atoms with E-state index in [-0.39, 0.29) is 17.4 Å². The SMILES string of the molecule is CC(=O)N(C)c1ccc(NC(=O)NCC(C)(C)C2CCOCC2)cn1. The molecule has 1 fully saturated rings. The van der Waals surface area contributed by atoms with E-state index in [0.29, 0.717) is 24.0 Å². The minimum Gasteiger partial charge on any atom is -0.381 e. The average Bonchev–Trinajstić information content (AvgIpc) is 2.61. The predicted octanol–water partition coefficient (Wildman–Crippen LogP) is 2.64. The standard InChI is InChI=1S/C18H28N4O3/c1-13(23)22(4)16-6-5-15(11-19-16)21-17(24)20-12-18(2,3)14-7-9-25-10-8-14/h5-6,11,14H,7-10,12H2,1-4H3,(H2,20,21,24). The van der Waals surface area contributed by atoms with Gasteiger partial charge in [0.05, 0.1) is 11.9 Å². The first-order valence-corrected chi connectivity index (χ1v) is 8.62. The van der Waals surface area contributed by atoms with E-state index in [0.717, 1.165) is 26.1 Å². The molecule has 7 heteroatoms. The lowest BCUT2D eigenvalue weighted by Gasteiger charge is -2.37. The van der Waals surface area contributed by atoms with Gasteiger partial charge in [0, 0.05) is 33.7 Å². The van der Waals surface area contributed by atoms with Crippen LogP contribution in [-0.4, -0.2) is 43.7 Å². The average molecular weight is 348 g/mol. The molecular formula is C18H28N4O3. The summed E-state index contributed by atoms with van der Waals surface area (Å²) in [5, 5.41) is 5.71. The Kier molecular flexibility index (Phi) is 6.36. The van der Waals surface area contributed by atoms with E-state index in [1.54, 1.807) is 19.2 Å². The number of aromatic nitrogens is 1. The maximum atomic E-state index is 12.1. The first-order chi connectivity index (χ1) is 11.8. The molecular weight excluding hydrogens is 320 g/mol. The molecule has 0 atom stereocenters. The number of hydrogen-bond acceptors (Lipinski definition) is 4. The van der Waals surface area contributed by atoms with E-state index < -0.39 is 0 Å². The van der Waals surface area contributed by atoms with Crippen LogP contribution < -0.4 is 15.5 Å². The van der Waals surface area contributed by atoms with Gasteiger partial charge >= 0.3 is 6.03 Å². The van der Waals surface area contributed by atoms with Crippen molar-refractivity contribution in [2.45, 2.75) is 33.6 Å². The highest BCUT2D eigenvalue weighted by Gasteiger charge is 2.31. The Bertz CT molecular complexity index is 595. The van der Waals surface area contributed by atoms with E-state index in [9.17, 15) is 9.59 Å². The van der Waals surface area contributed by atoms with Gasteiger partial charge in [-0.05, 0) is 36.3 Å². The Morgan fingerprint density at radius 3 is 2.56 bits per heavy atom. The van der Waals surface area contributed by atoms with Crippen LogP contribution in [0.4, 0.5) is 16.3 Å². The molecule has 0 radical (unpaired) electrons. The summed E-state index contributed by atoms with van der Waals surface area (Å²) in [6, 6.07) is 3.17. The van der Waals surface area contributed by atoms with Gasteiger partial charge in [-0.25, -0.2) is 9.78 Å². The minimum atomic E-state index is -0.255. The van der Waals surface area contributed by atoms with Gasteiger partial charge in [0.25, 0.3) is 0 Å². The van der Waals surface area contributed by atoms with Crippen molar-refractivity contribution in [3.63, 3.8) is 0 Å². The number of carbonyl (C=O) groups is 2. The fourth-order valence-electron chi connectivity index (χ4n) is 2.93. The highest BCUT2D eigenvalue weighted by atomic mass is 16.5. The number of rotatable bonds is 5. The molecule has 0 unspecified atom stereocenters. The molecule has 2 rings (SSSR count). The molecule has 2 N–H and O–H groups in total. The monoisotopic (exact) mass is 348 g/mol. The Labute approximate surface area is 149 Å². The zero-order valence-corrected chi connectivity index (χ0v) is 15.5. The number of anilines is 2. The van der Waals surface area contributed by atoms with Crippen LogP contribution in [0.5, 0.6) is 0 Å². The van der Waals surface area contributed by atoms with Crippen LogP contribution in [0.3, 0.4) is 0 Å². The summed E-state index contributed by atoms with van der Waals surface area (Å²) in [7, 11) is 1.66. The number of pyridine rings is 1. The molecule has 25 heavy (non-hydrogen) atoms. The summed E-state index contributed by atoms with van der Waals surface area (Å²) in [5.41, 5.74) is 0.607. The molecule has 0 aliphatic carbocycles. The molecule has 0 bridgehead atoms. The molecule has 3 amide bonds. The zero-order chi connectivity index (χ0) is 18.4. The smallest absolute Gasteiger partial charge is 0.319 e. The van der Waals surface area contributed by atoms with Crippen LogP contribution >= 0.6 is 0 Å². The van der Waals surface area contributed by atoms with Crippen molar-refractivity contribution in [2.75, 3.05) is 37.0 Å². The Balaban J connectivity index is 1.84. The summed E-state index contributed by atoms with van der Waals surface area (Å²) in [4.78, 5) is 29.1. The van der Waals surface area contributed by atoms with Crippen LogP contribution in [0.1, 0.15) is 33.6 Å². The second-order valence-electron chi connectivity index (χ2n) is 7.17. The third-order valence-electron chi connectivity index (χ3n) is 4.85. The van der Waals surface area contributed by atoms with Crippen LogP contribution in [0.15, 0.2) is 18.3 Å². The van der Waals surface area contributed by atoms with Gasteiger partial charge in [-0.3, -0.25) is 4.79 Å². The first-order valence-electron chi connectivity index (χ1n) is 8.62. The van der Waals surface area contributed by atoms with Crippen molar-refractivity contribution in [2.24, 2.45) is 11.3 Å². The Morgan fingerprint density at radius 2 is 2.00 bits per heavy atom. The van der Waals surface area contributed by atoms with Gasteiger partial charge in [-0.15, -0.1) is 0 Å². The van der Waals surface area contributed by atoms with Crippen molar-refractivity contribution in [1.29, 1.82) is 0 Å². The zero-order valence-electron chi connectivity index (χ0n) is 15.5. The number of nitrogens with one attached hydrogen (secondary N) is 2. The number of nitrogens with zero attached hydrogens (tertiary/aromatic N) is 2. The second-order valence-corrected chi connectivity index (χ2v) is 7.17. The molecule has 1 aromatic rings. The molecule has 1 aliphatic heterocycles. The van der Waals surface area contributed by atoms with Gasteiger partial charge in [-0.1, -0.05) is 13.8 Å². The summed E-state index contributed by atoms with van der Waals surface area (Å²) >= 11 is 0. The largest absolute Gasteiger partial charge is 0.381 e. The molecule has 0 spiro atoms. The topological polar surface area (TPSA) is 83.6 Å². The van der Waals surface area contributed by atoms with E-state index in [4.69, 9.17) is 4.74 Å². The molecule has 7 nitrogen and oxygen atoms in total. The summed E-state index contributed by atoms with van der Waals surface area (Å²) in [5.74, 6) is 0.991. The number of carbonyl (C=O) groups excluding carboxylic acids is 2. The maximum Gasteiger partial charge on any atom is 0.319 e. The van der Waals surface area contributed by atoms with E-state index >= 15 is 0 Å². The molecule has 0 saturated carbocycles. The fraction of sp³-hybridized carbons (Fsp3) is 0.611. The molecule has 2 heterocycles. The Hall–Kier alpha value is -2.15. The molecule has 138 valence electrons. The minimum absolute atomic E-state index is 0.0213. The van der Waals surface area contributed by atoms with Gasteiger partial charge < -0.3 is 20.3 Å². The van der Waals surface area contributed by atoms with Crippen LogP contribution in [0.25, 0.3) is 0 Å². The van der Waals surface area contributed by atoms with Crippen molar-refractivity contribution in [3.05, 3.63) is 18.3 Å². The van der Waals surface area contributed by atoms with Gasteiger partial charge in [0.15, 0.2) is 0 Å². The lowest BCUT2D eigenvalue weighted by atomic mass is 9.74. The van der Waals surface area contributed by atoms with Crippen molar-refractivity contribution >= 4 is 23.4 Å². The Morgan fingerprint density at radius 1 is 1.32 bits per heavy atom. The van der Waals surface area contributed by atoms with Crippen molar-refractivity contribution < 1.29 is 14.3 Å². The number of ether oxygens (including phenoxy) is 1. The fourth-order valence-corrected chi connectivity index (χ4v) is 2.93. The molecule has 0 aromatic carbocycles. The molecule has 1 saturated heterocycles. The molecule has 1 aromatic heterocycles. The van der Waals surface area contributed by atoms with Crippen LogP contribution in [0, 0.1) is 11.3 Å². The number of hydrogen-bond donors (Lipinski definition) is 2. The van der Waals surface area contributed by atoms with Gasteiger partial charge in [0.1, 0.15) is 5.82 Å². The lowest BCUT2D eigenvalue weighted by molar-refractivity contribution is -0.116. The maximum absolute atomic E-state index is 12.1. The van der Waals surface area contributed by atoms with Crippen LogP contribution in [-0.2, 0) is 9.53 Å². The second kappa shape index (κ2) is 8.29. The third-order valence-corrected chi connectivity index (χ3v) is 4.85. The van der Waals surface area contributed by atoms with Crippen LogP contribution in [0.2, 0.25) is 0 Å².